The summed E-state index contributed by atoms with van der Waals surface area (Å²) in [6.07, 6.45) is 0.686. The monoisotopic (exact) mass is 395 g/mol. The van der Waals surface area contributed by atoms with Crippen molar-refractivity contribution in [1.82, 2.24) is 24.9 Å². The molecule has 29 heavy (non-hydrogen) atoms. The van der Waals surface area contributed by atoms with Crippen LogP contribution in [0.2, 0.25) is 0 Å². The van der Waals surface area contributed by atoms with Crippen LogP contribution in [0, 0.1) is 13.8 Å². The van der Waals surface area contributed by atoms with Crippen molar-refractivity contribution in [3.63, 3.8) is 0 Å². The van der Waals surface area contributed by atoms with Gasteiger partial charge in [-0.25, -0.2) is 14.3 Å². The summed E-state index contributed by atoms with van der Waals surface area (Å²) in [7, 11) is 0. The minimum absolute atomic E-state index is 0.0491. The lowest BCUT2D eigenvalue weighted by Crippen LogP contribution is -2.41. The van der Waals surface area contributed by atoms with Crippen LogP contribution >= 0.6 is 0 Å². The molecule has 3 aromatic rings. The number of carbonyl (C=O) groups excluding carboxylic acids is 2. The average Bonchev–Trinajstić information content (AvgIpc) is 3.11. The normalized spacial score (nSPS) is 13.1. The molecule has 0 fully saturated rings. The Labute approximate surface area is 169 Å². The van der Waals surface area contributed by atoms with Crippen LogP contribution in [0.4, 0.5) is 0 Å². The minimum atomic E-state index is -0.955. The van der Waals surface area contributed by atoms with Gasteiger partial charge in [0.25, 0.3) is 17.5 Å². The summed E-state index contributed by atoms with van der Waals surface area (Å²) < 4.78 is 6.72. The lowest BCUT2D eigenvalue weighted by atomic mass is 10.1. The minimum Gasteiger partial charge on any atom is -0.447 e. The van der Waals surface area contributed by atoms with Gasteiger partial charge in [0.1, 0.15) is 0 Å². The van der Waals surface area contributed by atoms with E-state index >= 15 is 0 Å². The van der Waals surface area contributed by atoms with Crippen molar-refractivity contribution in [2.24, 2.45) is 0 Å². The van der Waals surface area contributed by atoms with Gasteiger partial charge in [-0.15, -0.1) is 5.10 Å². The molecule has 2 heterocycles. The largest absolute Gasteiger partial charge is 0.447 e. The fourth-order valence-corrected chi connectivity index (χ4v) is 2.98. The Morgan fingerprint density at radius 2 is 1.86 bits per heavy atom. The van der Waals surface area contributed by atoms with Crippen LogP contribution in [-0.2, 0) is 16.0 Å². The van der Waals surface area contributed by atoms with Crippen LogP contribution in [-0.4, -0.2) is 43.6 Å². The summed E-state index contributed by atoms with van der Waals surface area (Å²) >= 11 is 0. The van der Waals surface area contributed by atoms with Crippen LogP contribution in [0.1, 0.15) is 47.8 Å². The van der Waals surface area contributed by atoms with Crippen molar-refractivity contribution in [3.05, 3.63) is 59.2 Å². The molecule has 0 saturated carbocycles. The van der Waals surface area contributed by atoms with Crippen LogP contribution < -0.4 is 5.32 Å². The third kappa shape index (κ3) is 5.16. The summed E-state index contributed by atoms with van der Waals surface area (Å²) in [6, 6.07) is 11.9. The Hall–Kier alpha value is -3.29. The van der Waals surface area contributed by atoms with Gasteiger partial charge in [0.05, 0.1) is 0 Å². The Kier molecular flexibility index (Phi) is 6.21. The van der Waals surface area contributed by atoms with Gasteiger partial charge in [0, 0.05) is 17.4 Å². The molecule has 0 aliphatic carbocycles. The van der Waals surface area contributed by atoms with Gasteiger partial charge in [-0.2, -0.15) is 4.98 Å². The highest BCUT2D eigenvalue weighted by atomic mass is 16.5. The quantitative estimate of drug-likeness (QED) is 0.617. The van der Waals surface area contributed by atoms with Gasteiger partial charge in [0.15, 0.2) is 6.10 Å². The van der Waals surface area contributed by atoms with Crippen molar-refractivity contribution in [3.8, 4) is 0 Å². The highest BCUT2D eigenvalue weighted by Crippen LogP contribution is 2.08. The molecule has 1 aromatic carbocycles. The second-order valence-corrected chi connectivity index (χ2v) is 7.17. The predicted molar refractivity (Wildman–Crippen MR) is 108 cm³/mol. The van der Waals surface area contributed by atoms with E-state index in [0.29, 0.717) is 5.78 Å². The first-order chi connectivity index (χ1) is 13.8. The lowest BCUT2D eigenvalue weighted by Gasteiger charge is -2.17. The summed E-state index contributed by atoms with van der Waals surface area (Å²) in [5.74, 6) is -0.913. The highest BCUT2D eigenvalue weighted by Gasteiger charge is 2.23. The highest BCUT2D eigenvalue weighted by molar-refractivity contribution is 5.89. The zero-order chi connectivity index (χ0) is 21.0. The van der Waals surface area contributed by atoms with Gasteiger partial charge >= 0.3 is 5.97 Å². The molecule has 0 aliphatic heterocycles. The zero-order valence-electron chi connectivity index (χ0n) is 17.0. The first-order valence-electron chi connectivity index (χ1n) is 9.60. The molecule has 0 bridgehead atoms. The van der Waals surface area contributed by atoms with E-state index in [1.165, 1.54) is 17.0 Å². The Bertz CT molecular complexity index is 1020. The molecule has 8 heteroatoms. The number of esters is 1. The van der Waals surface area contributed by atoms with Crippen molar-refractivity contribution in [2.45, 2.75) is 52.7 Å². The average molecular weight is 395 g/mol. The number of rotatable bonds is 7. The van der Waals surface area contributed by atoms with E-state index in [9.17, 15) is 9.59 Å². The van der Waals surface area contributed by atoms with E-state index in [1.54, 1.807) is 0 Å². The van der Waals surface area contributed by atoms with Crippen LogP contribution in [0.5, 0.6) is 0 Å². The second-order valence-electron chi connectivity index (χ2n) is 7.17. The van der Waals surface area contributed by atoms with Gasteiger partial charge in [-0.05, 0) is 52.2 Å². The Morgan fingerprint density at radius 1 is 1.14 bits per heavy atom. The fraction of sp³-hybridized carbons (Fsp3) is 0.381. The molecule has 3 rings (SSSR count). The first kappa shape index (κ1) is 20.4. The van der Waals surface area contributed by atoms with E-state index < -0.39 is 12.1 Å². The van der Waals surface area contributed by atoms with E-state index in [-0.39, 0.29) is 17.8 Å². The van der Waals surface area contributed by atoms with Gasteiger partial charge < -0.3 is 10.1 Å². The van der Waals surface area contributed by atoms with Crippen molar-refractivity contribution >= 4 is 17.7 Å². The van der Waals surface area contributed by atoms with Crippen molar-refractivity contribution < 1.29 is 14.3 Å². The number of hydrogen-bond donors (Lipinski definition) is 1. The summed E-state index contributed by atoms with van der Waals surface area (Å²) in [5.41, 5.74) is 2.79. The second kappa shape index (κ2) is 8.81. The summed E-state index contributed by atoms with van der Waals surface area (Å²) in [4.78, 5) is 33.1. The van der Waals surface area contributed by atoms with Crippen molar-refractivity contribution in [2.75, 3.05) is 0 Å². The summed E-state index contributed by atoms with van der Waals surface area (Å²) in [6.45, 7) is 7.14. The van der Waals surface area contributed by atoms with E-state index in [2.05, 4.69) is 32.5 Å². The third-order valence-electron chi connectivity index (χ3n) is 4.55. The van der Waals surface area contributed by atoms with E-state index in [1.807, 2.05) is 45.0 Å². The SMILES string of the molecule is Cc1cc(C)n2nc(C(=O)O[C@@H](C)C(=O)N[C@@H](C)CCc3ccccc3)nc2n1. The number of fused-ring (bicyclic) bond motifs is 1. The van der Waals surface area contributed by atoms with Gasteiger partial charge in [0.2, 0.25) is 0 Å². The molecule has 0 unspecified atom stereocenters. The molecule has 2 atom stereocenters. The van der Waals surface area contributed by atoms with Crippen LogP contribution in [0.15, 0.2) is 36.4 Å². The topological polar surface area (TPSA) is 98.5 Å². The van der Waals surface area contributed by atoms with E-state index in [0.717, 1.165) is 24.2 Å². The molecule has 8 nitrogen and oxygen atoms in total. The Morgan fingerprint density at radius 3 is 2.59 bits per heavy atom. The zero-order valence-corrected chi connectivity index (χ0v) is 17.0. The number of nitrogens with zero attached hydrogens (tertiary/aromatic N) is 4. The molecule has 0 saturated heterocycles. The number of carbonyl (C=O) groups is 2. The maximum Gasteiger partial charge on any atom is 0.379 e. The molecule has 1 N–H and O–H groups in total. The third-order valence-corrected chi connectivity index (χ3v) is 4.55. The molecule has 2 aromatic heterocycles. The first-order valence-corrected chi connectivity index (χ1v) is 9.60. The maximum atomic E-state index is 12.4. The smallest absolute Gasteiger partial charge is 0.379 e. The molecule has 0 radical (unpaired) electrons. The van der Waals surface area contributed by atoms with Crippen LogP contribution in [0.3, 0.4) is 0 Å². The number of ether oxygens (including phenoxy) is 1. The molecule has 1 amide bonds. The summed E-state index contributed by atoms with van der Waals surface area (Å²) in [5, 5.41) is 7.00. The fourth-order valence-electron chi connectivity index (χ4n) is 2.98. The number of hydrogen-bond acceptors (Lipinski definition) is 6. The van der Waals surface area contributed by atoms with Crippen molar-refractivity contribution in [1.29, 1.82) is 0 Å². The van der Waals surface area contributed by atoms with Crippen LogP contribution in [0.25, 0.3) is 5.78 Å². The molecule has 152 valence electrons. The maximum absolute atomic E-state index is 12.4. The molecule has 0 spiro atoms. The number of benzene rings is 1. The van der Waals surface area contributed by atoms with E-state index in [4.69, 9.17) is 4.74 Å². The predicted octanol–water partition coefficient (Wildman–Crippen LogP) is 2.42. The molecular weight excluding hydrogens is 370 g/mol. The standard InChI is InChI=1S/C21H25N5O3/c1-13(10-11-17-8-6-5-7-9-17)22-19(27)16(4)29-20(28)18-24-21-23-14(2)12-15(3)26(21)25-18/h5-9,12-13,16H,10-11H2,1-4H3,(H,22,27)/t13-,16-/m0/s1. The molecule has 0 aliphatic rings. The number of amides is 1. The Balaban J connectivity index is 1.54. The lowest BCUT2D eigenvalue weighted by molar-refractivity contribution is -0.129. The van der Waals surface area contributed by atoms with Gasteiger partial charge in [-0.3, -0.25) is 4.79 Å². The van der Waals surface area contributed by atoms with Gasteiger partial charge in [-0.1, -0.05) is 30.3 Å². The number of aryl methyl sites for hydroxylation is 3. The number of nitrogens with one attached hydrogen (secondary N) is 1. The molecular formula is C21H25N5O3. The number of aromatic nitrogens is 4.